The molecule has 0 fully saturated rings. The van der Waals surface area contributed by atoms with Crippen molar-refractivity contribution >= 4 is 95.9 Å². The molecule has 0 radical (unpaired) electrons. The third-order valence-corrected chi connectivity index (χ3v) is 10.5. The van der Waals surface area contributed by atoms with Crippen molar-refractivity contribution in [2.45, 2.75) is 13.8 Å². The van der Waals surface area contributed by atoms with Gasteiger partial charge in [-0.15, -0.1) is 56.7 Å². The number of aromatic nitrogens is 1. The Balaban J connectivity index is 1.58. The molecule has 0 atom stereocenters. The first-order chi connectivity index (χ1) is 11.7. The van der Waals surface area contributed by atoms with Gasteiger partial charge in [0.2, 0.25) is 0 Å². The van der Waals surface area contributed by atoms with E-state index in [-0.39, 0.29) is 0 Å². The van der Waals surface area contributed by atoms with E-state index >= 15 is 0 Å². The van der Waals surface area contributed by atoms with E-state index in [2.05, 4.69) is 43.1 Å². The number of thiophene rings is 5. The van der Waals surface area contributed by atoms with Crippen LogP contribution in [-0.2, 0) is 0 Å². The second-order valence-corrected chi connectivity index (χ2v) is 11.7. The smallest absolute Gasteiger partial charge is 0.0705 e. The lowest BCUT2D eigenvalue weighted by molar-refractivity contribution is 1.55. The van der Waals surface area contributed by atoms with Gasteiger partial charge in [0.05, 0.1) is 29.8 Å². The first-order valence-electron chi connectivity index (χ1n) is 7.60. The van der Waals surface area contributed by atoms with E-state index in [1.807, 2.05) is 56.7 Å². The summed E-state index contributed by atoms with van der Waals surface area (Å²) in [6.45, 7) is 4.38. The highest BCUT2D eigenvalue weighted by Gasteiger charge is 2.16. The van der Waals surface area contributed by atoms with Crippen molar-refractivity contribution in [3.8, 4) is 9.75 Å². The zero-order chi connectivity index (χ0) is 16.0. The molecule has 0 aliphatic carbocycles. The topological polar surface area (TPSA) is 15.8 Å². The standard InChI is InChI=1S/C18H11NS5/c1-7-3-9-15(20-7)16-10(19-9)5-11(23-16)12-6-14-18(24-12)17-13(22-14)4-8(2)21-17/h3-6,19H,1-2H3. The largest absolute Gasteiger partial charge is 0.353 e. The van der Waals surface area contributed by atoms with E-state index in [1.165, 1.54) is 58.7 Å². The summed E-state index contributed by atoms with van der Waals surface area (Å²) in [5.74, 6) is 0. The maximum Gasteiger partial charge on any atom is 0.0705 e. The molecule has 0 saturated heterocycles. The van der Waals surface area contributed by atoms with E-state index in [4.69, 9.17) is 0 Å². The Labute approximate surface area is 157 Å². The molecule has 0 unspecified atom stereocenters. The zero-order valence-corrected chi connectivity index (χ0v) is 16.9. The summed E-state index contributed by atoms with van der Waals surface area (Å²) < 4.78 is 8.64. The fraction of sp³-hybridized carbons (Fsp3) is 0.111. The molecular formula is C18H11NS5. The minimum absolute atomic E-state index is 1.28. The van der Waals surface area contributed by atoms with Crippen LogP contribution in [0.2, 0.25) is 0 Å². The summed E-state index contributed by atoms with van der Waals surface area (Å²) in [6, 6.07) is 9.29. The molecule has 0 amide bonds. The molecule has 0 aliphatic rings. The van der Waals surface area contributed by atoms with Gasteiger partial charge in [-0.3, -0.25) is 0 Å². The minimum atomic E-state index is 1.28. The molecule has 6 aromatic rings. The summed E-state index contributed by atoms with van der Waals surface area (Å²) in [6.07, 6.45) is 0. The zero-order valence-electron chi connectivity index (χ0n) is 12.9. The molecule has 6 rings (SSSR count). The number of aryl methyl sites for hydroxylation is 2. The Morgan fingerprint density at radius 3 is 2.08 bits per heavy atom. The van der Waals surface area contributed by atoms with Crippen molar-refractivity contribution in [1.29, 1.82) is 0 Å². The molecule has 0 spiro atoms. The van der Waals surface area contributed by atoms with E-state index in [9.17, 15) is 0 Å². The van der Waals surface area contributed by atoms with Crippen molar-refractivity contribution in [1.82, 2.24) is 4.98 Å². The fourth-order valence-corrected chi connectivity index (χ4v) is 9.51. The number of aromatic amines is 1. The molecule has 1 N–H and O–H groups in total. The van der Waals surface area contributed by atoms with Crippen LogP contribution in [0.25, 0.3) is 49.0 Å². The van der Waals surface area contributed by atoms with E-state index in [1.54, 1.807) is 0 Å². The SMILES string of the molecule is Cc1cc2[nH]c3cc(-c4cc5sc6cc(C)sc6c5s4)sc3c2s1. The van der Waals surface area contributed by atoms with Crippen LogP contribution in [0.15, 0.2) is 24.3 Å². The molecule has 24 heavy (non-hydrogen) atoms. The summed E-state index contributed by atoms with van der Waals surface area (Å²) in [7, 11) is 0. The van der Waals surface area contributed by atoms with Gasteiger partial charge in [0.25, 0.3) is 0 Å². The van der Waals surface area contributed by atoms with Crippen LogP contribution in [0.1, 0.15) is 9.75 Å². The molecule has 0 bridgehead atoms. The van der Waals surface area contributed by atoms with Crippen LogP contribution >= 0.6 is 56.7 Å². The molecule has 1 nitrogen and oxygen atoms in total. The predicted molar refractivity (Wildman–Crippen MR) is 115 cm³/mol. The molecule has 0 aliphatic heterocycles. The van der Waals surface area contributed by atoms with Crippen molar-refractivity contribution in [3.05, 3.63) is 34.0 Å². The van der Waals surface area contributed by atoms with Crippen molar-refractivity contribution in [2.24, 2.45) is 0 Å². The van der Waals surface area contributed by atoms with Crippen LogP contribution in [0.4, 0.5) is 0 Å². The van der Waals surface area contributed by atoms with Crippen LogP contribution in [0.3, 0.4) is 0 Å². The monoisotopic (exact) mass is 401 g/mol. The third kappa shape index (κ3) is 1.83. The number of hydrogen-bond donors (Lipinski definition) is 1. The number of fused-ring (bicyclic) bond motifs is 6. The van der Waals surface area contributed by atoms with Gasteiger partial charge in [-0.25, -0.2) is 0 Å². The molecular weight excluding hydrogens is 391 g/mol. The molecule has 6 aromatic heterocycles. The number of H-pyrrole nitrogens is 1. The number of nitrogens with one attached hydrogen (secondary N) is 1. The predicted octanol–water partition coefficient (Wildman–Crippen LogP) is 8.22. The van der Waals surface area contributed by atoms with Crippen LogP contribution in [0.5, 0.6) is 0 Å². The molecule has 6 heteroatoms. The number of rotatable bonds is 1. The average molecular weight is 402 g/mol. The molecule has 0 saturated carbocycles. The van der Waals surface area contributed by atoms with Gasteiger partial charge in [0.15, 0.2) is 0 Å². The van der Waals surface area contributed by atoms with Gasteiger partial charge in [-0.05, 0) is 38.1 Å². The van der Waals surface area contributed by atoms with Crippen molar-refractivity contribution < 1.29 is 0 Å². The van der Waals surface area contributed by atoms with Crippen molar-refractivity contribution in [3.63, 3.8) is 0 Å². The third-order valence-electron chi connectivity index (χ3n) is 4.25. The first-order valence-corrected chi connectivity index (χ1v) is 11.7. The quantitative estimate of drug-likeness (QED) is 0.286. The average Bonchev–Trinajstić information content (AvgIpc) is 3.26. The Morgan fingerprint density at radius 2 is 1.17 bits per heavy atom. The van der Waals surface area contributed by atoms with Gasteiger partial charge in [0.1, 0.15) is 0 Å². The molecule has 118 valence electrons. The normalized spacial score (nSPS) is 12.6. The Hall–Kier alpha value is -1.18. The number of hydrogen-bond acceptors (Lipinski definition) is 5. The maximum atomic E-state index is 3.58. The van der Waals surface area contributed by atoms with E-state index in [0.717, 1.165) is 0 Å². The van der Waals surface area contributed by atoms with Gasteiger partial charge in [0, 0.05) is 28.9 Å². The van der Waals surface area contributed by atoms with E-state index in [0.29, 0.717) is 0 Å². The summed E-state index contributed by atoms with van der Waals surface area (Å²) in [5.41, 5.74) is 2.57. The van der Waals surface area contributed by atoms with Gasteiger partial charge < -0.3 is 4.98 Å². The lowest BCUT2D eigenvalue weighted by Gasteiger charge is -1.88. The van der Waals surface area contributed by atoms with Crippen LogP contribution in [-0.4, -0.2) is 4.98 Å². The Morgan fingerprint density at radius 1 is 0.583 bits per heavy atom. The molecule has 6 heterocycles. The summed E-state index contributed by atoms with van der Waals surface area (Å²) in [5, 5.41) is 0. The Bertz CT molecular complexity index is 1270. The molecule has 0 aromatic carbocycles. The van der Waals surface area contributed by atoms with Crippen LogP contribution in [0, 0.1) is 13.8 Å². The highest BCUT2D eigenvalue weighted by molar-refractivity contribution is 7.40. The lowest BCUT2D eigenvalue weighted by Crippen LogP contribution is -1.62. The maximum absolute atomic E-state index is 3.58. The van der Waals surface area contributed by atoms with E-state index < -0.39 is 0 Å². The van der Waals surface area contributed by atoms with Gasteiger partial charge >= 0.3 is 0 Å². The summed E-state index contributed by atoms with van der Waals surface area (Å²) in [4.78, 5) is 9.16. The van der Waals surface area contributed by atoms with Crippen LogP contribution < -0.4 is 0 Å². The fourth-order valence-electron chi connectivity index (χ4n) is 3.27. The second kappa shape index (κ2) is 4.71. The highest BCUT2D eigenvalue weighted by atomic mass is 32.1. The highest BCUT2D eigenvalue weighted by Crippen LogP contribution is 2.48. The Kier molecular flexibility index (Phi) is 2.75. The van der Waals surface area contributed by atoms with Crippen molar-refractivity contribution in [2.75, 3.05) is 0 Å². The second-order valence-electron chi connectivity index (χ2n) is 6.03. The van der Waals surface area contributed by atoms with Gasteiger partial charge in [-0.2, -0.15) is 0 Å². The van der Waals surface area contributed by atoms with Gasteiger partial charge in [-0.1, -0.05) is 0 Å². The summed E-state index contributed by atoms with van der Waals surface area (Å²) >= 11 is 9.63. The minimum Gasteiger partial charge on any atom is -0.353 e. The first kappa shape index (κ1) is 14.0. The lowest BCUT2D eigenvalue weighted by atomic mass is 10.3.